The van der Waals surface area contributed by atoms with E-state index in [9.17, 15) is 0 Å². The fourth-order valence-electron chi connectivity index (χ4n) is 4.09. The third-order valence-corrected chi connectivity index (χ3v) is 5.97. The molecule has 4 rings (SSSR count). The van der Waals surface area contributed by atoms with Gasteiger partial charge in [-0.05, 0) is 94.5 Å². The summed E-state index contributed by atoms with van der Waals surface area (Å²) in [5, 5.41) is 1.64. The van der Waals surface area contributed by atoms with Gasteiger partial charge in [-0.3, -0.25) is 0 Å². The Morgan fingerprint density at radius 2 is 1.62 bits per heavy atom. The number of fused-ring (bicyclic) bond motifs is 5. The molecular weight excluding hydrogens is 262 g/mol. The predicted octanol–water partition coefficient (Wildman–Crippen LogP) is 4.60. The lowest BCUT2D eigenvalue weighted by Gasteiger charge is -2.26. The zero-order valence-electron chi connectivity index (χ0n) is 13.7. The van der Waals surface area contributed by atoms with Gasteiger partial charge in [-0.15, -0.1) is 5.23 Å². The molecule has 1 aromatic rings. The number of benzene rings is 1. The number of hydrogen-bond acceptors (Lipinski definition) is 3. The van der Waals surface area contributed by atoms with Gasteiger partial charge in [-0.1, -0.05) is 0 Å². The van der Waals surface area contributed by atoms with E-state index < -0.39 is 0 Å². The molecular formula is C18H25NO2. The van der Waals surface area contributed by atoms with Crippen molar-refractivity contribution in [3.05, 3.63) is 28.8 Å². The molecule has 2 unspecified atom stereocenters. The van der Waals surface area contributed by atoms with Gasteiger partial charge in [-0.25, -0.2) is 9.68 Å². The Balaban J connectivity index is 1.72. The van der Waals surface area contributed by atoms with Crippen molar-refractivity contribution in [3.63, 3.8) is 0 Å². The highest BCUT2D eigenvalue weighted by atomic mass is 17.0. The van der Waals surface area contributed by atoms with E-state index in [1.807, 2.05) is 0 Å². The van der Waals surface area contributed by atoms with E-state index in [0.717, 1.165) is 17.5 Å². The van der Waals surface area contributed by atoms with Crippen LogP contribution in [0.5, 0.6) is 0 Å². The molecule has 21 heavy (non-hydrogen) atoms. The van der Waals surface area contributed by atoms with Gasteiger partial charge >= 0.3 is 0 Å². The second-order valence-corrected chi connectivity index (χ2v) is 7.93. The molecule has 1 saturated heterocycles. The summed E-state index contributed by atoms with van der Waals surface area (Å²) >= 11 is 0. The Morgan fingerprint density at radius 3 is 2.29 bits per heavy atom. The van der Waals surface area contributed by atoms with Crippen LogP contribution in [0.3, 0.4) is 0 Å². The first kappa shape index (κ1) is 13.6. The molecule has 0 aromatic heterocycles. The van der Waals surface area contributed by atoms with Crippen molar-refractivity contribution >= 4 is 5.69 Å². The maximum absolute atomic E-state index is 6.06. The van der Waals surface area contributed by atoms with Gasteiger partial charge in [0.2, 0.25) is 0 Å². The van der Waals surface area contributed by atoms with Crippen molar-refractivity contribution in [2.45, 2.75) is 76.9 Å². The smallest absolute Gasteiger partial charge is 0.124 e. The molecule has 1 aromatic carbocycles. The fourth-order valence-corrected chi connectivity index (χ4v) is 4.09. The summed E-state index contributed by atoms with van der Waals surface area (Å²) in [4.78, 5) is 12.1. The molecule has 2 bridgehead atoms. The minimum Gasteiger partial charge on any atom is -0.239 e. The topological polar surface area (TPSA) is 21.7 Å². The largest absolute Gasteiger partial charge is 0.239 e. The standard InChI is InChI=1S/C18H25NO2/c1-11-8-14(19-20-17(2,3)18(4,5)21-19)10-15-12-6-7-13(9-12)16(11)15/h8,10,12-13H,6-7,9H2,1-5H3. The average molecular weight is 287 g/mol. The molecule has 0 spiro atoms. The van der Waals surface area contributed by atoms with Crippen molar-refractivity contribution in [2.75, 3.05) is 5.23 Å². The van der Waals surface area contributed by atoms with Crippen molar-refractivity contribution in [1.82, 2.24) is 0 Å². The van der Waals surface area contributed by atoms with E-state index in [4.69, 9.17) is 9.68 Å². The summed E-state index contributed by atoms with van der Waals surface area (Å²) in [5.41, 5.74) is 4.91. The summed E-state index contributed by atoms with van der Waals surface area (Å²) < 4.78 is 0. The van der Waals surface area contributed by atoms with E-state index in [-0.39, 0.29) is 11.2 Å². The lowest BCUT2D eigenvalue weighted by Crippen LogP contribution is -2.41. The number of nitrogens with zero attached hydrogens (tertiary/aromatic N) is 1. The third-order valence-electron chi connectivity index (χ3n) is 5.97. The fraction of sp³-hybridized carbons (Fsp3) is 0.667. The molecule has 3 nitrogen and oxygen atoms in total. The Bertz CT molecular complexity index is 589. The van der Waals surface area contributed by atoms with E-state index in [2.05, 4.69) is 46.8 Å². The monoisotopic (exact) mass is 287 g/mol. The first-order valence-corrected chi connectivity index (χ1v) is 8.11. The van der Waals surface area contributed by atoms with Crippen LogP contribution in [0.4, 0.5) is 5.69 Å². The molecule has 2 aliphatic carbocycles. The number of anilines is 1. The molecule has 0 radical (unpaired) electrons. The van der Waals surface area contributed by atoms with Crippen LogP contribution >= 0.6 is 0 Å². The second kappa shape index (κ2) is 4.02. The summed E-state index contributed by atoms with van der Waals surface area (Å²) in [6.07, 6.45) is 4.06. The van der Waals surface area contributed by atoms with Crippen LogP contribution in [0.25, 0.3) is 0 Å². The Labute approximate surface area is 127 Å². The van der Waals surface area contributed by atoms with E-state index in [1.54, 1.807) is 10.8 Å². The third kappa shape index (κ3) is 1.80. The van der Waals surface area contributed by atoms with Crippen molar-refractivity contribution in [2.24, 2.45) is 0 Å². The maximum Gasteiger partial charge on any atom is 0.124 e. The van der Waals surface area contributed by atoms with E-state index in [0.29, 0.717) is 0 Å². The quantitative estimate of drug-likeness (QED) is 0.753. The summed E-state index contributed by atoms with van der Waals surface area (Å²) in [6.45, 7) is 10.5. The molecule has 3 heteroatoms. The second-order valence-electron chi connectivity index (χ2n) is 7.93. The van der Waals surface area contributed by atoms with Crippen LogP contribution in [-0.2, 0) is 9.68 Å². The highest BCUT2D eigenvalue weighted by molar-refractivity contribution is 5.57. The molecule has 1 aliphatic heterocycles. The van der Waals surface area contributed by atoms with Crippen LogP contribution in [0.15, 0.2) is 12.1 Å². The zero-order valence-corrected chi connectivity index (χ0v) is 13.7. The van der Waals surface area contributed by atoms with E-state index in [1.165, 1.54) is 30.4 Å². The van der Waals surface area contributed by atoms with Crippen LogP contribution in [0.1, 0.15) is 75.5 Å². The first-order chi connectivity index (χ1) is 9.78. The van der Waals surface area contributed by atoms with Gasteiger partial charge in [0.15, 0.2) is 0 Å². The molecule has 3 aliphatic rings. The molecule has 2 fully saturated rings. The van der Waals surface area contributed by atoms with Crippen LogP contribution < -0.4 is 5.23 Å². The molecule has 0 amide bonds. The Hall–Kier alpha value is -1.06. The number of aryl methyl sites for hydroxylation is 1. The van der Waals surface area contributed by atoms with Gasteiger partial charge in [0.1, 0.15) is 11.2 Å². The molecule has 2 atom stereocenters. The Kier molecular flexibility index (Phi) is 2.60. The minimum absolute atomic E-state index is 0.334. The Morgan fingerprint density at radius 1 is 1.00 bits per heavy atom. The highest BCUT2D eigenvalue weighted by Crippen LogP contribution is 2.55. The lowest BCUT2D eigenvalue weighted by molar-refractivity contribution is -0.0273. The van der Waals surface area contributed by atoms with Gasteiger partial charge in [0, 0.05) is 0 Å². The highest BCUT2D eigenvalue weighted by Gasteiger charge is 2.50. The van der Waals surface area contributed by atoms with Gasteiger partial charge < -0.3 is 0 Å². The predicted molar refractivity (Wildman–Crippen MR) is 83.3 cm³/mol. The summed E-state index contributed by atoms with van der Waals surface area (Å²) in [5.74, 6) is 1.56. The van der Waals surface area contributed by atoms with Crippen LogP contribution in [-0.4, -0.2) is 11.2 Å². The van der Waals surface area contributed by atoms with Crippen LogP contribution in [0, 0.1) is 6.92 Å². The van der Waals surface area contributed by atoms with Gasteiger partial charge in [-0.2, -0.15) is 0 Å². The van der Waals surface area contributed by atoms with E-state index >= 15 is 0 Å². The summed E-state index contributed by atoms with van der Waals surface area (Å²) in [7, 11) is 0. The average Bonchev–Trinajstić information content (AvgIpc) is 3.02. The minimum atomic E-state index is -0.334. The normalized spacial score (nSPS) is 31.8. The van der Waals surface area contributed by atoms with Crippen molar-refractivity contribution in [3.8, 4) is 0 Å². The zero-order chi connectivity index (χ0) is 15.0. The van der Waals surface area contributed by atoms with Crippen LogP contribution in [0.2, 0.25) is 0 Å². The molecule has 1 saturated carbocycles. The molecule has 0 N–H and O–H groups in total. The van der Waals surface area contributed by atoms with Gasteiger partial charge in [0.25, 0.3) is 0 Å². The molecule has 114 valence electrons. The number of hydrogen-bond donors (Lipinski definition) is 0. The SMILES string of the molecule is Cc1cc(N2OC(C)(C)C(C)(C)O2)cc2c1C1CCC2C1. The van der Waals surface area contributed by atoms with Crippen molar-refractivity contribution in [1.29, 1.82) is 0 Å². The first-order valence-electron chi connectivity index (χ1n) is 8.11. The van der Waals surface area contributed by atoms with Crippen molar-refractivity contribution < 1.29 is 9.68 Å². The molecule has 1 heterocycles. The van der Waals surface area contributed by atoms with Gasteiger partial charge in [0.05, 0.1) is 5.69 Å². The lowest BCUT2D eigenvalue weighted by atomic mass is 9.88. The maximum atomic E-state index is 6.06. The number of rotatable bonds is 1. The summed E-state index contributed by atoms with van der Waals surface area (Å²) in [6, 6.07) is 4.51.